The van der Waals surface area contributed by atoms with Crippen molar-refractivity contribution in [1.82, 2.24) is 14.7 Å². The van der Waals surface area contributed by atoms with Crippen molar-refractivity contribution >= 4 is 34.9 Å². The van der Waals surface area contributed by atoms with Crippen molar-refractivity contribution in [1.29, 1.82) is 0 Å². The topological polar surface area (TPSA) is 74.7 Å². The van der Waals surface area contributed by atoms with E-state index in [9.17, 15) is 9.59 Å². The van der Waals surface area contributed by atoms with Gasteiger partial charge in [-0.05, 0) is 37.6 Å². The highest BCUT2D eigenvalue weighted by atomic mass is 32.1. The molecule has 0 aromatic rings. The zero-order valence-corrected chi connectivity index (χ0v) is 19.1. The standard InChI is InChI=1S/C23H30N4O4S/c28-21(26-11-9-25(10-12-26)16-5-2-1-3-6-16)7-4-8-27-22(29)17-13-19-20(31-15-30-19)14-18(17)24-23(27)32/h13-14,16-17H,1-12,15H2. The van der Waals surface area contributed by atoms with Crippen LogP contribution in [-0.2, 0) is 19.1 Å². The number of ether oxygens (including phenoxy) is 2. The molecule has 0 N–H and O–H groups in total. The Morgan fingerprint density at radius 2 is 1.84 bits per heavy atom. The summed E-state index contributed by atoms with van der Waals surface area (Å²) in [4.78, 5) is 36.2. The van der Waals surface area contributed by atoms with Gasteiger partial charge in [0.1, 0.15) is 5.92 Å². The van der Waals surface area contributed by atoms with Crippen LogP contribution in [0.4, 0.5) is 0 Å². The van der Waals surface area contributed by atoms with E-state index in [0.29, 0.717) is 42.7 Å². The lowest BCUT2D eigenvalue weighted by molar-refractivity contribution is -0.134. The van der Waals surface area contributed by atoms with Gasteiger partial charge in [-0.1, -0.05) is 19.3 Å². The number of nitrogens with zero attached hydrogens (tertiary/aromatic N) is 4. The Kier molecular flexibility index (Phi) is 6.28. The predicted molar refractivity (Wildman–Crippen MR) is 123 cm³/mol. The maximum atomic E-state index is 13.0. The van der Waals surface area contributed by atoms with Crippen molar-refractivity contribution in [2.45, 2.75) is 51.0 Å². The van der Waals surface area contributed by atoms with Crippen LogP contribution in [-0.4, -0.2) is 82.9 Å². The lowest BCUT2D eigenvalue weighted by Gasteiger charge is -2.40. The molecular weight excluding hydrogens is 428 g/mol. The van der Waals surface area contributed by atoms with E-state index in [2.05, 4.69) is 9.89 Å². The molecule has 3 fully saturated rings. The Bertz CT molecular complexity index is 884. The average Bonchev–Trinajstić information content (AvgIpc) is 3.28. The second-order valence-corrected chi connectivity index (χ2v) is 9.41. The van der Waals surface area contributed by atoms with Gasteiger partial charge >= 0.3 is 0 Å². The first-order chi connectivity index (χ1) is 15.6. The molecule has 1 atom stereocenters. The van der Waals surface area contributed by atoms with Crippen LogP contribution in [0.15, 0.2) is 28.7 Å². The first-order valence-corrected chi connectivity index (χ1v) is 12.2. The highest BCUT2D eigenvalue weighted by molar-refractivity contribution is 7.80. The number of carbonyl (C=O) groups excluding carboxylic acids is 2. The minimum Gasteiger partial charge on any atom is -0.454 e. The van der Waals surface area contributed by atoms with Crippen LogP contribution in [0.25, 0.3) is 0 Å². The molecule has 2 saturated heterocycles. The number of piperazine rings is 1. The fraction of sp³-hybridized carbons (Fsp3) is 0.652. The third-order valence-electron chi connectivity index (χ3n) is 7.11. The van der Waals surface area contributed by atoms with E-state index in [1.807, 2.05) is 4.90 Å². The van der Waals surface area contributed by atoms with Crippen LogP contribution in [0.2, 0.25) is 0 Å². The van der Waals surface area contributed by atoms with Gasteiger partial charge in [0.05, 0.1) is 5.71 Å². The number of fused-ring (bicyclic) bond motifs is 2. The molecule has 3 aliphatic heterocycles. The molecule has 0 spiro atoms. The van der Waals surface area contributed by atoms with Crippen molar-refractivity contribution in [2.24, 2.45) is 10.9 Å². The van der Waals surface area contributed by atoms with Gasteiger partial charge in [-0.15, -0.1) is 0 Å². The van der Waals surface area contributed by atoms with Gasteiger partial charge in [0.15, 0.2) is 11.5 Å². The van der Waals surface area contributed by atoms with Gasteiger partial charge in [0.2, 0.25) is 23.7 Å². The van der Waals surface area contributed by atoms with E-state index in [1.54, 1.807) is 12.2 Å². The second-order valence-electron chi connectivity index (χ2n) is 9.04. The highest BCUT2D eigenvalue weighted by Crippen LogP contribution is 2.31. The van der Waals surface area contributed by atoms with E-state index >= 15 is 0 Å². The van der Waals surface area contributed by atoms with Crippen LogP contribution < -0.4 is 0 Å². The van der Waals surface area contributed by atoms with E-state index in [1.165, 1.54) is 37.0 Å². The molecule has 172 valence electrons. The monoisotopic (exact) mass is 458 g/mol. The lowest BCUT2D eigenvalue weighted by Crippen LogP contribution is -2.52. The van der Waals surface area contributed by atoms with Gasteiger partial charge in [-0.25, -0.2) is 4.99 Å². The van der Waals surface area contributed by atoms with Gasteiger partial charge < -0.3 is 14.4 Å². The number of hydrogen-bond acceptors (Lipinski definition) is 6. The van der Waals surface area contributed by atoms with E-state index in [4.69, 9.17) is 21.7 Å². The second kappa shape index (κ2) is 9.31. The normalized spacial score (nSPS) is 26.5. The summed E-state index contributed by atoms with van der Waals surface area (Å²) in [7, 11) is 0. The van der Waals surface area contributed by atoms with E-state index in [0.717, 1.165) is 26.2 Å². The Morgan fingerprint density at radius 3 is 2.62 bits per heavy atom. The molecule has 0 radical (unpaired) electrons. The van der Waals surface area contributed by atoms with Crippen molar-refractivity contribution in [3.63, 3.8) is 0 Å². The summed E-state index contributed by atoms with van der Waals surface area (Å²) in [6, 6.07) is 0.708. The van der Waals surface area contributed by atoms with Crippen LogP contribution >= 0.6 is 12.2 Å². The molecule has 0 aromatic heterocycles. The SMILES string of the molecule is O=C(CCCN1C(=O)C2C=C3OCOC3=CC2=NC1=S)N1CCN(C2CCCCC2)CC1. The Balaban J connectivity index is 1.10. The van der Waals surface area contributed by atoms with Crippen LogP contribution in [0, 0.1) is 5.92 Å². The molecule has 32 heavy (non-hydrogen) atoms. The zero-order valence-electron chi connectivity index (χ0n) is 18.3. The molecule has 2 amide bonds. The van der Waals surface area contributed by atoms with Gasteiger partial charge in [0.25, 0.3) is 0 Å². The molecule has 0 aromatic carbocycles. The minimum atomic E-state index is -0.509. The van der Waals surface area contributed by atoms with Crippen LogP contribution in [0.5, 0.6) is 0 Å². The first kappa shape index (κ1) is 21.6. The Labute approximate surface area is 193 Å². The molecule has 8 nitrogen and oxygen atoms in total. The smallest absolute Gasteiger partial charge is 0.241 e. The fourth-order valence-electron chi connectivity index (χ4n) is 5.27. The van der Waals surface area contributed by atoms with Gasteiger partial charge in [-0.2, -0.15) is 0 Å². The average molecular weight is 459 g/mol. The Hall–Kier alpha value is -2.26. The lowest BCUT2D eigenvalue weighted by atomic mass is 9.93. The van der Waals surface area contributed by atoms with Crippen LogP contribution in [0.1, 0.15) is 44.9 Å². The summed E-state index contributed by atoms with van der Waals surface area (Å²) in [5.74, 6) is 0.713. The predicted octanol–water partition coefficient (Wildman–Crippen LogP) is 2.21. The summed E-state index contributed by atoms with van der Waals surface area (Å²) >= 11 is 5.37. The minimum absolute atomic E-state index is 0.119. The molecule has 1 unspecified atom stereocenters. The number of carbonyl (C=O) groups is 2. The number of hydrogen-bond donors (Lipinski definition) is 0. The molecule has 1 saturated carbocycles. The van der Waals surface area contributed by atoms with Crippen molar-refractivity contribution < 1.29 is 19.1 Å². The quantitative estimate of drug-likeness (QED) is 0.588. The molecule has 3 heterocycles. The zero-order chi connectivity index (χ0) is 22.1. The van der Waals surface area contributed by atoms with Gasteiger partial charge in [0, 0.05) is 51.3 Å². The molecule has 9 heteroatoms. The van der Waals surface area contributed by atoms with Crippen molar-refractivity contribution in [3.05, 3.63) is 23.7 Å². The number of allylic oxidation sites excluding steroid dienone is 1. The number of thiocarbonyl (C=S) groups is 1. The number of rotatable bonds is 5. The summed E-state index contributed by atoms with van der Waals surface area (Å²) in [5, 5.41) is 0.252. The molecule has 2 aliphatic carbocycles. The maximum absolute atomic E-state index is 13.0. The molecule has 5 rings (SSSR count). The molecule has 5 aliphatic rings. The first-order valence-electron chi connectivity index (χ1n) is 11.8. The van der Waals surface area contributed by atoms with Gasteiger partial charge in [-0.3, -0.25) is 19.4 Å². The summed E-state index contributed by atoms with van der Waals surface area (Å²) in [6.07, 6.45) is 11.1. The third-order valence-corrected chi connectivity index (χ3v) is 7.42. The molecular formula is C23H30N4O4S. The fourth-order valence-corrected chi connectivity index (χ4v) is 5.56. The summed E-state index contributed by atoms with van der Waals surface area (Å²) < 4.78 is 10.8. The molecule has 0 bridgehead atoms. The number of amides is 2. The summed E-state index contributed by atoms with van der Waals surface area (Å²) in [5.41, 5.74) is 0.590. The van der Waals surface area contributed by atoms with Crippen LogP contribution in [0.3, 0.4) is 0 Å². The highest BCUT2D eigenvalue weighted by Gasteiger charge is 2.38. The van der Waals surface area contributed by atoms with E-state index in [-0.39, 0.29) is 23.7 Å². The van der Waals surface area contributed by atoms with Crippen molar-refractivity contribution in [2.75, 3.05) is 39.5 Å². The Morgan fingerprint density at radius 1 is 1.09 bits per heavy atom. The van der Waals surface area contributed by atoms with E-state index < -0.39 is 5.92 Å². The summed E-state index contributed by atoms with van der Waals surface area (Å²) in [6.45, 7) is 4.10. The third kappa shape index (κ3) is 4.32. The maximum Gasteiger partial charge on any atom is 0.241 e. The number of aliphatic imine (C=N–C) groups is 1. The van der Waals surface area contributed by atoms with Crippen molar-refractivity contribution in [3.8, 4) is 0 Å². The largest absolute Gasteiger partial charge is 0.454 e.